The van der Waals surface area contributed by atoms with Crippen molar-refractivity contribution in [3.63, 3.8) is 0 Å². The SMILES string of the molecule is COc1cccc(C(=O)N(C)c2ccccc2CO)c1NC(=O)c1ccc(OC(C)CCN)cc1. The van der Waals surface area contributed by atoms with E-state index in [2.05, 4.69) is 5.32 Å². The Morgan fingerprint density at radius 1 is 1.06 bits per heavy atom. The van der Waals surface area contributed by atoms with Crippen molar-refractivity contribution < 1.29 is 24.2 Å². The Balaban J connectivity index is 1.86. The van der Waals surface area contributed by atoms with Gasteiger partial charge in [0.1, 0.15) is 11.5 Å². The van der Waals surface area contributed by atoms with E-state index in [9.17, 15) is 14.7 Å². The Kier molecular flexibility index (Phi) is 8.83. The Hall–Kier alpha value is -3.88. The minimum atomic E-state index is -0.400. The number of ether oxygens (including phenoxy) is 2. The molecule has 1 atom stereocenters. The standard InChI is InChI=1S/C27H31N3O5/c1-18(15-16-28)35-21-13-11-19(12-14-21)26(32)29-25-22(8-6-10-24(25)34-3)27(33)30(2)23-9-5-4-7-20(23)17-31/h4-14,18,31H,15-17,28H2,1-3H3,(H,29,32). The summed E-state index contributed by atoms with van der Waals surface area (Å²) in [5.74, 6) is 0.227. The molecule has 0 saturated heterocycles. The second kappa shape index (κ2) is 12.0. The van der Waals surface area contributed by atoms with Gasteiger partial charge in [-0.05, 0) is 62.4 Å². The number of carbonyl (C=O) groups excluding carboxylic acids is 2. The molecule has 8 nitrogen and oxygen atoms in total. The van der Waals surface area contributed by atoms with Crippen molar-refractivity contribution >= 4 is 23.2 Å². The summed E-state index contributed by atoms with van der Waals surface area (Å²) in [6.45, 7) is 2.26. The smallest absolute Gasteiger partial charge is 0.260 e. The molecule has 0 heterocycles. The number of aliphatic hydroxyl groups excluding tert-OH is 1. The number of anilines is 2. The van der Waals surface area contributed by atoms with Gasteiger partial charge < -0.3 is 30.5 Å². The molecule has 0 aliphatic heterocycles. The van der Waals surface area contributed by atoms with Gasteiger partial charge in [0.2, 0.25) is 0 Å². The predicted molar refractivity (Wildman–Crippen MR) is 136 cm³/mol. The molecule has 0 fully saturated rings. The molecule has 0 spiro atoms. The average molecular weight is 478 g/mol. The topological polar surface area (TPSA) is 114 Å². The number of amides is 2. The van der Waals surface area contributed by atoms with Crippen LogP contribution in [0, 0.1) is 0 Å². The van der Waals surface area contributed by atoms with Crippen LogP contribution in [0.4, 0.5) is 11.4 Å². The molecule has 0 aromatic heterocycles. The number of methoxy groups -OCH3 is 1. The van der Waals surface area contributed by atoms with Gasteiger partial charge in [0.25, 0.3) is 11.8 Å². The third-order valence-corrected chi connectivity index (χ3v) is 5.57. The Morgan fingerprint density at radius 2 is 1.77 bits per heavy atom. The lowest BCUT2D eigenvalue weighted by Crippen LogP contribution is -2.28. The number of nitrogens with zero attached hydrogens (tertiary/aromatic N) is 1. The maximum absolute atomic E-state index is 13.4. The molecule has 0 aliphatic rings. The number of aliphatic hydroxyl groups is 1. The van der Waals surface area contributed by atoms with Gasteiger partial charge in [-0.15, -0.1) is 0 Å². The van der Waals surface area contributed by atoms with Crippen molar-refractivity contribution in [1.29, 1.82) is 0 Å². The fourth-order valence-electron chi connectivity index (χ4n) is 3.67. The summed E-state index contributed by atoms with van der Waals surface area (Å²) in [4.78, 5) is 27.9. The van der Waals surface area contributed by atoms with E-state index >= 15 is 0 Å². The zero-order valence-electron chi connectivity index (χ0n) is 20.2. The molecule has 0 saturated carbocycles. The molecule has 3 aromatic carbocycles. The number of nitrogens with two attached hydrogens (primary N) is 1. The number of hydrogen-bond donors (Lipinski definition) is 3. The van der Waals surface area contributed by atoms with Gasteiger partial charge in [-0.1, -0.05) is 24.3 Å². The highest BCUT2D eigenvalue weighted by Crippen LogP contribution is 2.31. The third-order valence-electron chi connectivity index (χ3n) is 5.57. The van der Waals surface area contributed by atoms with Gasteiger partial charge in [0.05, 0.1) is 31.1 Å². The van der Waals surface area contributed by atoms with Crippen LogP contribution >= 0.6 is 0 Å². The van der Waals surface area contributed by atoms with Gasteiger partial charge in [-0.3, -0.25) is 9.59 Å². The minimum Gasteiger partial charge on any atom is -0.495 e. The molecule has 0 bridgehead atoms. The van der Waals surface area contributed by atoms with E-state index in [4.69, 9.17) is 15.2 Å². The number of nitrogens with one attached hydrogen (secondary N) is 1. The highest BCUT2D eigenvalue weighted by atomic mass is 16.5. The summed E-state index contributed by atoms with van der Waals surface area (Å²) in [5.41, 5.74) is 7.65. The summed E-state index contributed by atoms with van der Waals surface area (Å²) in [5, 5.41) is 12.5. The van der Waals surface area contributed by atoms with Crippen molar-refractivity contribution in [3.8, 4) is 11.5 Å². The lowest BCUT2D eigenvalue weighted by molar-refractivity contribution is 0.0993. The summed E-state index contributed by atoms with van der Waals surface area (Å²) in [6, 6.07) is 18.8. The van der Waals surface area contributed by atoms with Crippen LogP contribution in [-0.2, 0) is 6.61 Å². The Labute approximate surface area is 205 Å². The van der Waals surface area contributed by atoms with Crippen LogP contribution in [0.3, 0.4) is 0 Å². The molecule has 3 aromatic rings. The van der Waals surface area contributed by atoms with Crippen molar-refractivity contribution in [3.05, 3.63) is 83.4 Å². The lowest BCUT2D eigenvalue weighted by atomic mass is 10.1. The van der Waals surface area contributed by atoms with E-state index in [0.717, 1.165) is 6.42 Å². The largest absolute Gasteiger partial charge is 0.495 e. The van der Waals surface area contributed by atoms with Crippen molar-refractivity contribution in [2.45, 2.75) is 26.1 Å². The highest BCUT2D eigenvalue weighted by molar-refractivity contribution is 6.14. The summed E-state index contributed by atoms with van der Waals surface area (Å²) in [7, 11) is 3.09. The van der Waals surface area contributed by atoms with Gasteiger partial charge in [-0.25, -0.2) is 0 Å². The van der Waals surface area contributed by atoms with Crippen LogP contribution < -0.4 is 25.4 Å². The normalized spacial score (nSPS) is 11.5. The number of carbonyl (C=O) groups is 2. The first kappa shape index (κ1) is 25.7. The monoisotopic (exact) mass is 477 g/mol. The van der Waals surface area contributed by atoms with E-state index in [1.54, 1.807) is 73.8 Å². The number of para-hydroxylation sites is 2. The molecule has 2 amide bonds. The fourth-order valence-corrected chi connectivity index (χ4v) is 3.67. The Bertz CT molecular complexity index is 1160. The van der Waals surface area contributed by atoms with Crippen LogP contribution in [0.15, 0.2) is 66.7 Å². The first-order valence-electron chi connectivity index (χ1n) is 11.3. The zero-order valence-corrected chi connectivity index (χ0v) is 20.2. The van der Waals surface area contributed by atoms with E-state index in [-0.39, 0.29) is 29.9 Å². The molecule has 0 radical (unpaired) electrons. The molecule has 184 valence electrons. The quantitative estimate of drug-likeness (QED) is 0.409. The first-order chi connectivity index (χ1) is 16.9. The average Bonchev–Trinajstić information content (AvgIpc) is 2.88. The van der Waals surface area contributed by atoms with Crippen molar-refractivity contribution in [1.82, 2.24) is 0 Å². The summed E-state index contributed by atoms with van der Waals surface area (Å²) < 4.78 is 11.2. The van der Waals surface area contributed by atoms with Gasteiger partial charge in [0.15, 0.2) is 0 Å². The van der Waals surface area contributed by atoms with Crippen molar-refractivity contribution in [2.75, 3.05) is 30.9 Å². The molecule has 0 aliphatic carbocycles. The third kappa shape index (κ3) is 6.17. The maximum Gasteiger partial charge on any atom is 0.260 e. The van der Waals surface area contributed by atoms with Crippen LogP contribution in [0.2, 0.25) is 0 Å². The van der Waals surface area contributed by atoms with Gasteiger partial charge >= 0.3 is 0 Å². The number of rotatable bonds is 10. The number of hydrogen-bond acceptors (Lipinski definition) is 6. The van der Waals surface area contributed by atoms with E-state index < -0.39 is 5.91 Å². The molecule has 35 heavy (non-hydrogen) atoms. The molecular weight excluding hydrogens is 446 g/mol. The molecular formula is C27H31N3O5. The molecule has 8 heteroatoms. The van der Waals surface area contributed by atoms with Gasteiger partial charge in [-0.2, -0.15) is 0 Å². The van der Waals surface area contributed by atoms with Crippen LogP contribution in [0.1, 0.15) is 39.6 Å². The van der Waals surface area contributed by atoms with Crippen LogP contribution in [0.5, 0.6) is 11.5 Å². The molecule has 3 rings (SSSR count). The number of benzene rings is 3. The Morgan fingerprint density at radius 3 is 2.43 bits per heavy atom. The maximum atomic E-state index is 13.4. The molecule has 1 unspecified atom stereocenters. The first-order valence-corrected chi connectivity index (χ1v) is 11.3. The predicted octanol–water partition coefficient (Wildman–Crippen LogP) is 3.83. The molecule has 4 N–H and O–H groups in total. The summed E-state index contributed by atoms with van der Waals surface area (Å²) >= 11 is 0. The van der Waals surface area contributed by atoms with E-state index in [1.165, 1.54) is 12.0 Å². The second-order valence-corrected chi connectivity index (χ2v) is 8.02. The summed E-state index contributed by atoms with van der Waals surface area (Å²) in [6.07, 6.45) is 0.694. The van der Waals surface area contributed by atoms with Gasteiger partial charge in [0, 0.05) is 23.9 Å². The van der Waals surface area contributed by atoms with Crippen LogP contribution in [0.25, 0.3) is 0 Å². The lowest BCUT2D eigenvalue weighted by Gasteiger charge is -2.22. The van der Waals surface area contributed by atoms with E-state index in [0.29, 0.717) is 34.9 Å². The van der Waals surface area contributed by atoms with Crippen LogP contribution in [-0.4, -0.2) is 43.7 Å². The van der Waals surface area contributed by atoms with Crippen molar-refractivity contribution in [2.24, 2.45) is 5.73 Å². The minimum absolute atomic E-state index is 0.0326. The second-order valence-electron chi connectivity index (χ2n) is 8.02. The highest BCUT2D eigenvalue weighted by Gasteiger charge is 2.23. The van der Waals surface area contributed by atoms with E-state index in [1.807, 2.05) is 6.92 Å². The zero-order chi connectivity index (χ0) is 25.4. The fraction of sp³-hybridized carbons (Fsp3) is 0.259.